The van der Waals surface area contributed by atoms with E-state index in [0.717, 1.165) is 19.3 Å². The molecule has 4 heterocycles. The average Bonchev–Trinajstić information content (AvgIpc) is 3.14. The average molecular weight is 475 g/mol. The van der Waals surface area contributed by atoms with Gasteiger partial charge in [-0.2, -0.15) is 0 Å². The molecule has 188 valence electrons. The highest BCUT2D eigenvalue weighted by Crippen LogP contribution is 2.58. The van der Waals surface area contributed by atoms with Crippen LogP contribution in [0.15, 0.2) is 24.3 Å². The van der Waals surface area contributed by atoms with Gasteiger partial charge in [-0.05, 0) is 53.4 Å². The Bertz CT molecular complexity index is 907. The van der Waals surface area contributed by atoms with Gasteiger partial charge in [-0.3, -0.25) is 14.4 Å². The third-order valence-electron chi connectivity index (χ3n) is 7.87. The van der Waals surface area contributed by atoms with Crippen molar-refractivity contribution < 1.29 is 29.0 Å². The molecule has 0 bridgehead atoms. The predicted octanol–water partition coefficient (Wildman–Crippen LogP) is 2.21. The third-order valence-corrected chi connectivity index (χ3v) is 7.87. The van der Waals surface area contributed by atoms with Gasteiger partial charge in [0.25, 0.3) is 0 Å². The lowest BCUT2D eigenvalue weighted by Crippen LogP contribution is -2.60. The molecule has 0 aromatic heterocycles. The third kappa shape index (κ3) is 3.61. The Labute approximate surface area is 201 Å². The van der Waals surface area contributed by atoms with E-state index >= 15 is 0 Å². The molecule has 34 heavy (non-hydrogen) atoms. The van der Waals surface area contributed by atoms with Gasteiger partial charge in [0.05, 0.1) is 25.2 Å². The molecule has 2 saturated heterocycles. The molecule has 4 aliphatic heterocycles. The molecule has 0 saturated carbocycles. The summed E-state index contributed by atoms with van der Waals surface area (Å²) in [7, 11) is 0. The van der Waals surface area contributed by atoms with Crippen molar-refractivity contribution >= 4 is 17.8 Å². The number of aliphatic hydroxyl groups excluding tert-OH is 1. The Morgan fingerprint density at radius 2 is 1.85 bits per heavy atom. The number of hydrogen-bond donors (Lipinski definition) is 1. The van der Waals surface area contributed by atoms with Gasteiger partial charge in [0.2, 0.25) is 11.8 Å². The second-order valence-electron chi connectivity index (χ2n) is 11.0. The van der Waals surface area contributed by atoms with Crippen LogP contribution in [-0.4, -0.2) is 81.3 Å². The minimum atomic E-state index is -1.32. The summed E-state index contributed by atoms with van der Waals surface area (Å²) in [6.07, 6.45) is 10.6. The number of amides is 2. The maximum atomic E-state index is 14.1. The van der Waals surface area contributed by atoms with Gasteiger partial charge in [-0.25, -0.2) is 0 Å². The lowest BCUT2D eigenvalue weighted by atomic mass is 9.73. The largest absolute Gasteiger partial charge is 0.465 e. The number of rotatable bonds is 3. The molecule has 1 N–H and O–H groups in total. The zero-order valence-electron chi connectivity index (χ0n) is 21.0. The van der Waals surface area contributed by atoms with E-state index in [9.17, 15) is 19.5 Å². The van der Waals surface area contributed by atoms with Gasteiger partial charge in [0.15, 0.2) is 0 Å². The number of ether oxygens (including phenoxy) is 2. The highest BCUT2D eigenvalue weighted by atomic mass is 16.6. The van der Waals surface area contributed by atoms with E-state index in [4.69, 9.17) is 9.47 Å². The molecule has 8 heteroatoms. The van der Waals surface area contributed by atoms with Crippen molar-refractivity contribution in [2.45, 2.75) is 89.1 Å². The molecule has 0 radical (unpaired) electrons. The van der Waals surface area contributed by atoms with Gasteiger partial charge in [-0.15, -0.1) is 0 Å². The van der Waals surface area contributed by atoms with Crippen molar-refractivity contribution in [2.75, 3.05) is 19.8 Å². The van der Waals surface area contributed by atoms with E-state index in [1.165, 1.54) is 4.90 Å². The van der Waals surface area contributed by atoms with E-state index in [-0.39, 0.29) is 18.4 Å². The first-order valence-electron chi connectivity index (χ1n) is 12.5. The van der Waals surface area contributed by atoms with E-state index in [0.29, 0.717) is 19.6 Å². The Morgan fingerprint density at radius 3 is 2.50 bits per heavy atom. The molecule has 1 unspecified atom stereocenters. The molecule has 0 aromatic rings. The summed E-state index contributed by atoms with van der Waals surface area (Å²) in [6.45, 7) is 9.88. The van der Waals surface area contributed by atoms with Gasteiger partial charge >= 0.3 is 5.97 Å². The van der Waals surface area contributed by atoms with Crippen molar-refractivity contribution in [1.82, 2.24) is 9.80 Å². The van der Waals surface area contributed by atoms with Crippen LogP contribution < -0.4 is 0 Å². The minimum absolute atomic E-state index is 0.235. The van der Waals surface area contributed by atoms with Gasteiger partial charge in [-0.1, -0.05) is 31.2 Å². The van der Waals surface area contributed by atoms with E-state index in [2.05, 4.69) is 0 Å². The van der Waals surface area contributed by atoms with Crippen LogP contribution in [-0.2, 0) is 23.9 Å². The first-order valence-corrected chi connectivity index (χ1v) is 12.5. The number of carbonyl (C=O) groups excluding carboxylic acids is 3. The lowest BCUT2D eigenvalue weighted by Gasteiger charge is -2.42. The molecular formula is C26H38N2O6. The maximum absolute atomic E-state index is 14.1. The van der Waals surface area contributed by atoms with E-state index < -0.39 is 46.6 Å². The molecule has 2 amide bonds. The molecule has 0 aliphatic carbocycles. The number of likely N-dealkylation sites (tertiary alicyclic amines) is 1. The molecule has 1 spiro atoms. The van der Waals surface area contributed by atoms with Crippen LogP contribution in [0.3, 0.4) is 0 Å². The van der Waals surface area contributed by atoms with Crippen molar-refractivity contribution in [2.24, 2.45) is 11.8 Å². The fourth-order valence-corrected chi connectivity index (χ4v) is 6.14. The molecule has 2 fully saturated rings. The summed E-state index contributed by atoms with van der Waals surface area (Å²) in [6, 6.07) is -1.59. The summed E-state index contributed by atoms with van der Waals surface area (Å²) >= 11 is 0. The van der Waals surface area contributed by atoms with Gasteiger partial charge < -0.3 is 24.4 Å². The van der Waals surface area contributed by atoms with Crippen LogP contribution in [0.2, 0.25) is 0 Å². The lowest BCUT2D eigenvalue weighted by molar-refractivity contribution is -0.164. The Hall–Kier alpha value is -2.19. The summed E-state index contributed by atoms with van der Waals surface area (Å²) < 4.78 is 12.5. The maximum Gasteiger partial charge on any atom is 0.313 e. The molecular weight excluding hydrogens is 436 g/mol. The molecule has 4 aliphatic rings. The highest BCUT2D eigenvalue weighted by Gasteiger charge is 2.75. The second kappa shape index (κ2) is 8.79. The number of nitrogens with zero attached hydrogens (tertiary/aromatic N) is 2. The summed E-state index contributed by atoms with van der Waals surface area (Å²) in [5.74, 6) is -2.83. The molecule has 4 rings (SSSR count). The van der Waals surface area contributed by atoms with Crippen molar-refractivity contribution in [3.8, 4) is 0 Å². The molecule has 6 atom stereocenters. The fourth-order valence-electron chi connectivity index (χ4n) is 6.14. The van der Waals surface area contributed by atoms with Crippen LogP contribution in [0, 0.1) is 11.8 Å². The quantitative estimate of drug-likeness (QED) is 0.498. The number of cyclic esters (lactones) is 1. The predicted molar refractivity (Wildman–Crippen MR) is 126 cm³/mol. The normalized spacial score (nSPS) is 38.1. The zero-order chi connectivity index (χ0) is 24.9. The van der Waals surface area contributed by atoms with Crippen LogP contribution in [0.5, 0.6) is 0 Å². The first-order chi connectivity index (χ1) is 16.0. The Kier molecular flexibility index (Phi) is 6.44. The number of allylic oxidation sites excluding steroid dienone is 1. The van der Waals surface area contributed by atoms with Gasteiger partial charge in [0.1, 0.15) is 23.2 Å². The van der Waals surface area contributed by atoms with Crippen LogP contribution in [0.25, 0.3) is 0 Å². The Balaban J connectivity index is 1.93. The molecule has 8 nitrogen and oxygen atoms in total. The smallest absolute Gasteiger partial charge is 0.313 e. The van der Waals surface area contributed by atoms with Crippen LogP contribution in [0.1, 0.15) is 60.3 Å². The second-order valence-corrected chi connectivity index (χ2v) is 11.0. The van der Waals surface area contributed by atoms with E-state index in [1.807, 2.05) is 52.0 Å². The minimum Gasteiger partial charge on any atom is -0.465 e. The highest BCUT2D eigenvalue weighted by molar-refractivity contribution is 5.99. The van der Waals surface area contributed by atoms with E-state index in [1.54, 1.807) is 11.8 Å². The van der Waals surface area contributed by atoms with Crippen LogP contribution in [0.4, 0.5) is 0 Å². The Morgan fingerprint density at radius 1 is 1.12 bits per heavy atom. The standard InChI is InChI=1S/C26H38N2O6/c1-6-25-12-9-7-8-10-15-33-23(32)19(25)18-21(30)28(17(2)16-29)20-22(31)27(24(3,4)5)14-11-13-26(18,20)34-25/h9,11-13,17-20,29H,6-8,10,14-16H2,1-5H3/b12-9-/t17-,18+,19+,20?,25-,26+/m1/s1. The summed E-state index contributed by atoms with van der Waals surface area (Å²) in [5, 5.41) is 10.00. The van der Waals surface area contributed by atoms with Crippen molar-refractivity contribution in [1.29, 1.82) is 0 Å². The van der Waals surface area contributed by atoms with Crippen LogP contribution >= 0.6 is 0 Å². The van der Waals surface area contributed by atoms with Crippen molar-refractivity contribution in [3.05, 3.63) is 24.3 Å². The van der Waals surface area contributed by atoms with Gasteiger partial charge in [0, 0.05) is 12.1 Å². The first kappa shape index (κ1) is 24.9. The zero-order valence-corrected chi connectivity index (χ0v) is 21.0. The monoisotopic (exact) mass is 474 g/mol. The summed E-state index contributed by atoms with van der Waals surface area (Å²) in [5.41, 5.74) is -2.86. The van der Waals surface area contributed by atoms with Crippen molar-refractivity contribution in [3.63, 3.8) is 0 Å². The molecule has 0 aromatic carbocycles. The fraction of sp³-hybridized carbons (Fsp3) is 0.731. The number of carbonyl (C=O) groups is 3. The SMILES string of the molecule is CC[C@@]12/C=C\CCCCOC(=O)[C@@H]1[C@H]1C(=O)N([C@H](C)CO)C3C(=O)N(C(C)(C)C)CC=C[C@@]31O2. The number of hydrogen-bond acceptors (Lipinski definition) is 6. The summed E-state index contributed by atoms with van der Waals surface area (Å²) in [4.78, 5) is 44.9. The number of fused-ring (bicyclic) bond motifs is 2. The topological polar surface area (TPSA) is 96.4 Å². The number of aliphatic hydroxyl groups is 1. The number of esters is 1.